The maximum atomic E-state index is 10.2. The minimum absolute atomic E-state index is 0.616. The predicted octanol–water partition coefficient (Wildman–Crippen LogP) is 11.0. The molecule has 2 heterocycles. The highest BCUT2D eigenvalue weighted by Crippen LogP contribution is 2.42. The minimum atomic E-state index is 0.616. The molecule has 0 spiro atoms. The lowest BCUT2D eigenvalue weighted by Crippen LogP contribution is -2.02. The van der Waals surface area contributed by atoms with Crippen LogP contribution in [0.3, 0.4) is 0 Å². The summed E-state index contributed by atoms with van der Waals surface area (Å²) in [6.07, 6.45) is 0. The zero-order valence-corrected chi connectivity index (χ0v) is 25.8. The molecule has 222 valence electrons. The molecule has 0 aliphatic heterocycles. The summed E-state index contributed by atoms with van der Waals surface area (Å²) in [5, 5.41) is 24.5. The van der Waals surface area contributed by atoms with Gasteiger partial charge in [0.2, 0.25) is 0 Å². The highest BCUT2D eigenvalue weighted by Gasteiger charge is 2.21. The molecule has 0 N–H and O–H groups in total. The Labute approximate surface area is 277 Å². The Morgan fingerprint density at radius 2 is 0.938 bits per heavy atom. The standard InChI is InChI=1S/C44H26N4/c45-27-29-20-25-43-39(26-29)37-14-5-8-19-42(37)48(43)44-34(15-9-16-38(44)33-11-2-1-10-31(33)28-46)30-21-23-32(24-22-30)47-40-17-6-3-12-35(40)36-13-4-7-18-41(36)47/h1-26H. The van der Waals surface area contributed by atoms with Crippen LogP contribution in [0.4, 0.5) is 0 Å². The Hall–Kier alpha value is -6.88. The summed E-state index contributed by atoms with van der Waals surface area (Å²) in [5.74, 6) is 0. The van der Waals surface area contributed by atoms with E-state index in [9.17, 15) is 10.5 Å². The van der Waals surface area contributed by atoms with E-state index >= 15 is 0 Å². The topological polar surface area (TPSA) is 57.4 Å². The van der Waals surface area contributed by atoms with E-state index in [1.165, 1.54) is 21.8 Å². The second kappa shape index (κ2) is 10.9. The fraction of sp³-hybridized carbons (Fsp3) is 0. The number of aromatic nitrogens is 2. The molecule has 0 radical (unpaired) electrons. The van der Waals surface area contributed by atoms with Gasteiger partial charge in [-0.25, -0.2) is 0 Å². The Bertz CT molecular complexity index is 2750. The van der Waals surface area contributed by atoms with E-state index in [2.05, 4.69) is 130 Å². The van der Waals surface area contributed by atoms with E-state index in [1.54, 1.807) is 0 Å². The summed E-state index contributed by atoms with van der Waals surface area (Å²) >= 11 is 0. The average Bonchev–Trinajstić information content (AvgIpc) is 3.67. The molecule has 0 saturated carbocycles. The van der Waals surface area contributed by atoms with Crippen molar-refractivity contribution in [2.24, 2.45) is 0 Å². The zero-order valence-electron chi connectivity index (χ0n) is 25.8. The molecule has 0 bridgehead atoms. The molecule has 4 nitrogen and oxygen atoms in total. The molecule has 0 fully saturated rings. The van der Waals surface area contributed by atoms with Gasteiger partial charge in [0.25, 0.3) is 0 Å². The lowest BCUT2D eigenvalue weighted by Gasteiger charge is -2.20. The number of fused-ring (bicyclic) bond motifs is 6. The maximum Gasteiger partial charge on any atom is 0.0998 e. The van der Waals surface area contributed by atoms with Gasteiger partial charge in [-0.3, -0.25) is 0 Å². The van der Waals surface area contributed by atoms with E-state index in [-0.39, 0.29) is 0 Å². The molecule has 0 unspecified atom stereocenters. The van der Waals surface area contributed by atoms with Gasteiger partial charge in [-0.15, -0.1) is 0 Å². The fourth-order valence-corrected chi connectivity index (χ4v) is 7.32. The third-order valence-electron chi connectivity index (χ3n) is 9.42. The van der Waals surface area contributed by atoms with Crippen LogP contribution in [0.1, 0.15) is 11.1 Å². The van der Waals surface area contributed by atoms with Gasteiger partial charge in [0, 0.05) is 43.9 Å². The van der Waals surface area contributed by atoms with Crippen LogP contribution >= 0.6 is 0 Å². The highest BCUT2D eigenvalue weighted by atomic mass is 15.0. The summed E-state index contributed by atoms with van der Waals surface area (Å²) in [7, 11) is 0. The molecule has 48 heavy (non-hydrogen) atoms. The number of benzene rings is 7. The Kier molecular flexibility index (Phi) is 6.22. The van der Waals surface area contributed by atoms with E-state index in [0.29, 0.717) is 11.1 Å². The Balaban J connectivity index is 1.33. The predicted molar refractivity (Wildman–Crippen MR) is 195 cm³/mol. The quantitative estimate of drug-likeness (QED) is 0.199. The summed E-state index contributed by atoms with van der Waals surface area (Å²) in [6.45, 7) is 0. The van der Waals surface area contributed by atoms with Crippen LogP contribution in [0.25, 0.3) is 77.2 Å². The highest BCUT2D eigenvalue weighted by molar-refractivity contribution is 6.11. The van der Waals surface area contributed by atoms with Crippen molar-refractivity contribution in [2.75, 3.05) is 0 Å². The minimum Gasteiger partial charge on any atom is -0.309 e. The van der Waals surface area contributed by atoms with Crippen LogP contribution in [0.2, 0.25) is 0 Å². The van der Waals surface area contributed by atoms with Crippen molar-refractivity contribution in [1.29, 1.82) is 10.5 Å². The van der Waals surface area contributed by atoms with Gasteiger partial charge < -0.3 is 9.13 Å². The zero-order chi connectivity index (χ0) is 32.2. The molecular formula is C44H26N4. The SMILES string of the molecule is N#Cc1ccc2c(c1)c1ccccc1n2-c1c(-c2ccc(-n3c4ccccc4c4ccccc43)cc2)cccc1-c1ccccc1C#N. The van der Waals surface area contributed by atoms with Gasteiger partial charge >= 0.3 is 0 Å². The number of hydrogen-bond donors (Lipinski definition) is 0. The summed E-state index contributed by atoms with van der Waals surface area (Å²) in [5.41, 5.74) is 11.6. The van der Waals surface area contributed by atoms with Crippen molar-refractivity contribution in [2.45, 2.75) is 0 Å². The van der Waals surface area contributed by atoms with Gasteiger partial charge in [0.15, 0.2) is 0 Å². The van der Waals surface area contributed by atoms with Gasteiger partial charge in [-0.1, -0.05) is 103 Å². The molecule has 0 aliphatic rings. The smallest absolute Gasteiger partial charge is 0.0998 e. The first-order valence-corrected chi connectivity index (χ1v) is 15.9. The van der Waals surface area contributed by atoms with Crippen molar-refractivity contribution in [3.05, 3.63) is 169 Å². The third-order valence-corrected chi connectivity index (χ3v) is 9.42. The number of para-hydroxylation sites is 4. The normalized spacial score (nSPS) is 11.3. The molecule has 0 amide bonds. The van der Waals surface area contributed by atoms with Gasteiger partial charge in [-0.05, 0) is 60.2 Å². The van der Waals surface area contributed by atoms with Crippen LogP contribution in [-0.4, -0.2) is 9.13 Å². The van der Waals surface area contributed by atoms with Gasteiger partial charge in [0.05, 0.1) is 51.0 Å². The molecule has 0 atom stereocenters. The number of nitrogens with zero attached hydrogens (tertiary/aromatic N) is 4. The first-order valence-electron chi connectivity index (χ1n) is 15.9. The fourth-order valence-electron chi connectivity index (χ4n) is 7.32. The van der Waals surface area contributed by atoms with Crippen molar-refractivity contribution in [1.82, 2.24) is 9.13 Å². The first kappa shape index (κ1) is 27.4. The van der Waals surface area contributed by atoms with E-state index in [4.69, 9.17) is 0 Å². The van der Waals surface area contributed by atoms with E-state index < -0.39 is 0 Å². The summed E-state index contributed by atoms with van der Waals surface area (Å²) < 4.78 is 4.63. The largest absolute Gasteiger partial charge is 0.309 e. The third kappa shape index (κ3) is 4.07. The number of hydrogen-bond acceptors (Lipinski definition) is 2. The monoisotopic (exact) mass is 610 g/mol. The van der Waals surface area contributed by atoms with Crippen LogP contribution in [0.15, 0.2) is 158 Å². The van der Waals surface area contributed by atoms with Crippen LogP contribution < -0.4 is 0 Å². The first-order chi connectivity index (χ1) is 23.7. The van der Waals surface area contributed by atoms with Gasteiger partial charge in [0.1, 0.15) is 0 Å². The molecular weight excluding hydrogens is 585 g/mol. The molecule has 9 rings (SSSR count). The number of nitriles is 2. The Morgan fingerprint density at radius 3 is 1.60 bits per heavy atom. The molecule has 2 aromatic heterocycles. The second-order valence-corrected chi connectivity index (χ2v) is 12.0. The van der Waals surface area contributed by atoms with Crippen molar-refractivity contribution in [3.8, 4) is 45.8 Å². The average molecular weight is 611 g/mol. The second-order valence-electron chi connectivity index (χ2n) is 12.0. The van der Waals surface area contributed by atoms with Crippen molar-refractivity contribution in [3.63, 3.8) is 0 Å². The van der Waals surface area contributed by atoms with E-state index in [1.807, 2.05) is 48.5 Å². The van der Waals surface area contributed by atoms with Crippen LogP contribution in [-0.2, 0) is 0 Å². The molecule has 4 heteroatoms. The van der Waals surface area contributed by atoms with E-state index in [0.717, 1.165) is 55.4 Å². The summed E-state index contributed by atoms with van der Waals surface area (Å²) in [4.78, 5) is 0. The van der Waals surface area contributed by atoms with Crippen LogP contribution in [0, 0.1) is 22.7 Å². The van der Waals surface area contributed by atoms with Gasteiger partial charge in [-0.2, -0.15) is 10.5 Å². The van der Waals surface area contributed by atoms with Crippen molar-refractivity contribution >= 4 is 43.6 Å². The molecule has 0 saturated heterocycles. The Morgan fingerprint density at radius 1 is 0.396 bits per heavy atom. The molecule has 9 aromatic rings. The van der Waals surface area contributed by atoms with Crippen LogP contribution in [0.5, 0.6) is 0 Å². The van der Waals surface area contributed by atoms with Crippen molar-refractivity contribution < 1.29 is 0 Å². The lowest BCUT2D eigenvalue weighted by molar-refractivity contribution is 1.17. The molecule has 0 aliphatic carbocycles. The number of rotatable bonds is 4. The lowest BCUT2D eigenvalue weighted by atomic mass is 9.93. The summed E-state index contributed by atoms with van der Waals surface area (Å²) in [6, 6.07) is 58.9. The molecule has 7 aromatic carbocycles. The maximum absolute atomic E-state index is 10.2.